The summed E-state index contributed by atoms with van der Waals surface area (Å²) in [5.41, 5.74) is 1.28. The Labute approximate surface area is 171 Å². The van der Waals surface area contributed by atoms with Gasteiger partial charge in [-0.25, -0.2) is 4.39 Å². The van der Waals surface area contributed by atoms with Gasteiger partial charge in [0.25, 0.3) is 5.91 Å². The Hall–Kier alpha value is -2.91. The summed E-state index contributed by atoms with van der Waals surface area (Å²) in [7, 11) is 0. The minimum Gasteiger partial charge on any atom is -0.494 e. The van der Waals surface area contributed by atoms with Crippen LogP contribution in [0.4, 0.5) is 4.39 Å². The number of amides is 1. The van der Waals surface area contributed by atoms with Crippen LogP contribution in [-0.2, 0) is 6.54 Å². The maximum atomic E-state index is 13.8. The fraction of sp³-hybridized carbons (Fsp3) is 0.391. The number of nitrogens with one attached hydrogen (secondary N) is 1. The van der Waals surface area contributed by atoms with Crippen molar-refractivity contribution in [3.05, 3.63) is 65.5 Å². The van der Waals surface area contributed by atoms with Gasteiger partial charge < -0.3 is 15.0 Å². The van der Waals surface area contributed by atoms with E-state index in [1.54, 1.807) is 17.0 Å². The number of ether oxygens (including phenoxy) is 1. The largest absolute Gasteiger partial charge is 0.494 e. The van der Waals surface area contributed by atoms with Crippen molar-refractivity contribution in [1.82, 2.24) is 10.2 Å². The molecule has 2 aromatic rings. The Bertz CT molecular complexity index is 857. The smallest absolute Gasteiger partial charge is 0.256 e. The van der Waals surface area contributed by atoms with Crippen LogP contribution < -0.4 is 10.1 Å². The maximum absolute atomic E-state index is 13.8. The number of rotatable bonds is 8. The summed E-state index contributed by atoms with van der Waals surface area (Å²) in [6, 6.07) is 16.5. The van der Waals surface area contributed by atoms with Crippen LogP contribution in [0, 0.1) is 17.1 Å². The summed E-state index contributed by atoms with van der Waals surface area (Å²) in [6.07, 6.45) is 2.90. The highest BCUT2D eigenvalue weighted by Gasteiger charge is 2.24. The van der Waals surface area contributed by atoms with Crippen LogP contribution in [0.25, 0.3) is 0 Å². The fourth-order valence-corrected chi connectivity index (χ4v) is 3.44. The SMILES string of the molecule is N#CCCCOc1cccc(CNC2CCN(C(=O)c3ccccc3F)CC2)c1. The zero-order valence-corrected chi connectivity index (χ0v) is 16.4. The summed E-state index contributed by atoms with van der Waals surface area (Å²) >= 11 is 0. The lowest BCUT2D eigenvalue weighted by Gasteiger charge is -2.32. The van der Waals surface area contributed by atoms with Crippen molar-refractivity contribution < 1.29 is 13.9 Å². The number of benzene rings is 2. The number of likely N-dealkylation sites (tertiary alicyclic amines) is 1. The number of carbonyl (C=O) groups is 1. The molecular weight excluding hydrogens is 369 g/mol. The molecular formula is C23H26FN3O2. The van der Waals surface area contributed by atoms with Crippen LogP contribution in [-0.4, -0.2) is 36.5 Å². The van der Waals surface area contributed by atoms with Gasteiger partial charge in [0.05, 0.1) is 18.2 Å². The first-order valence-electron chi connectivity index (χ1n) is 10.0. The van der Waals surface area contributed by atoms with E-state index in [1.807, 2.05) is 24.3 Å². The van der Waals surface area contributed by atoms with Gasteiger partial charge in [-0.1, -0.05) is 24.3 Å². The molecule has 0 aromatic heterocycles. The van der Waals surface area contributed by atoms with Crippen molar-refractivity contribution >= 4 is 5.91 Å². The lowest BCUT2D eigenvalue weighted by molar-refractivity contribution is 0.0700. The van der Waals surface area contributed by atoms with E-state index in [0.29, 0.717) is 32.2 Å². The molecule has 3 rings (SSSR count). The third-order valence-corrected chi connectivity index (χ3v) is 5.08. The molecule has 0 radical (unpaired) electrons. The molecule has 29 heavy (non-hydrogen) atoms. The number of unbranched alkanes of at least 4 members (excludes halogenated alkanes) is 1. The molecule has 0 bridgehead atoms. The summed E-state index contributed by atoms with van der Waals surface area (Å²) in [6.45, 7) is 2.50. The first kappa shape index (κ1) is 20.8. The predicted octanol–water partition coefficient (Wildman–Crippen LogP) is 3.90. The van der Waals surface area contributed by atoms with E-state index in [-0.39, 0.29) is 11.5 Å². The van der Waals surface area contributed by atoms with Gasteiger partial charge in [0.2, 0.25) is 0 Å². The molecule has 0 spiro atoms. The molecule has 0 atom stereocenters. The number of nitrogens with zero attached hydrogens (tertiary/aromatic N) is 2. The van der Waals surface area contributed by atoms with Gasteiger partial charge in [-0.3, -0.25) is 4.79 Å². The van der Waals surface area contributed by atoms with E-state index >= 15 is 0 Å². The second kappa shape index (κ2) is 10.6. The lowest BCUT2D eigenvalue weighted by atomic mass is 10.0. The molecule has 0 aliphatic carbocycles. The Morgan fingerprint density at radius 2 is 2.00 bits per heavy atom. The third-order valence-electron chi connectivity index (χ3n) is 5.08. The lowest BCUT2D eigenvalue weighted by Crippen LogP contribution is -2.44. The van der Waals surface area contributed by atoms with Crippen LogP contribution in [0.5, 0.6) is 5.75 Å². The number of halogens is 1. The second-order valence-electron chi connectivity index (χ2n) is 7.18. The van der Waals surface area contributed by atoms with Crippen LogP contribution >= 0.6 is 0 Å². The normalized spacial score (nSPS) is 14.4. The zero-order valence-electron chi connectivity index (χ0n) is 16.4. The van der Waals surface area contributed by atoms with Crippen molar-refractivity contribution in [2.24, 2.45) is 0 Å². The van der Waals surface area contributed by atoms with Gasteiger partial charge in [-0.15, -0.1) is 0 Å². The van der Waals surface area contributed by atoms with E-state index in [4.69, 9.17) is 10.00 Å². The van der Waals surface area contributed by atoms with E-state index in [9.17, 15) is 9.18 Å². The predicted molar refractivity (Wildman–Crippen MR) is 109 cm³/mol. The van der Waals surface area contributed by atoms with Crippen molar-refractivity contribution in [2.75, 3.05) is 19.7 Å². The second-order valence-corrected chi connectivity index (χ2v) is 7.18. The van der Waals surface area contributed by atoms with E-state index in [0.717, 1.165) is 37.1 Å². The molecule has 1 heterocycles. The summed E-state index contributed by atoms with van der Waals surface area (Å²) in [5, 5.41) is 12.1. The Kier molecular flexibility index (Phi) is 7.60. The molecule has 1 fully saturated rings. The minimum absolute atomic E-state index is 0.144. The van der Waals surface area contributed by atoms with Crippen molar-refractivity contribution in [3.63, 3.8) is 0 Å². The molecule has 1 aliphatic rings. The number of hydrogen-bond donors (Lipinski definition) is 1. The third kappa shape index (κ3) is 6.03. The van der Waals surface area contributed by atoms with Crippen molar-refractivity contribution in [2.45, 2.75) is 38.3 Å². The first-order valence-corrected chi connectivity index (χ1v) is 10.0. The van der Waals surface area contributed by atoms with E-state index < -0.39 is 5.82 Å². The molecule has 1 amide bonds. The van der Waals surface area contributed by atoms with Crippen LogP contribution in [0.15, 0.2) is 48.5 Å². The monoisotopic (exact) mass is 395 g/mol. The number of carbonyl (C=O) groups excluding carboxylic acids is 1. The molecule has 5 nitrogen and oxygen atoms in total. The minimum atomic E-state index is -0.465. The van der Waals surface area contributed by atoms with Crippen LogP contribution in [0.2, 0.25) is 0 Å². The van der Waals surface area contributed by atoms with Gasteiger partial charge in [-0.05, 0) is 49.1 Å². The highest BCUT2D eigenvalue weighted by atomic mass is 19.1. The quantitative estimate of drug-likeness (QED) is 0.689. The zero-order chi connectivity index (χ0) is 20.5. The molecule has 1 aliphatic heterocycles. The molecule has 1 N–H and O–H groups in total. The highest BCUT2D eigenvalue weighted by Crippen LogP contribution is 2.18. The summed E-state index contributed by atoms with van der Waals surface area (Å²) in [5.74, 6) is 0.114. The Balaban J connectivity index is 1.44. The number of hydrogen-bond acceptors (Lipinski definition) is 4. The molecule has 2 aromatic carbocycles. The molecule has 152 valence electrons. The van der Waals surface area contributed by atoms with Gasteiger partial charge in [0, 0.05) is 32.1 Å². The Morgan fingerprint density at radius 3 is 2.76 bits per heavy atom. The fourth-order valence-electron chi connectivity index (χ4n) is 3.44. The maximum Gasteiger partial charge on any atom is 0.256 e. The molecule has 6 heteroatoms. The molecule has 0 saturated carbocycles. The standard InChI is InChI=1S/C23H26FN3O2/c24-22-9-2-1-8-21(22)23(28)27-13-10-19(11-14-27)26-17-18-6-5-7-20(16-18)29-15-4-3-12-25/h1-2,5-9,16,19,26H,3-4,10-11,13-15,17H2. The van der Waals surface area contributed by atoms with Gasteiger partial charge in [-0.2, -0.15) is 5.26 Å². The first-order chi connectivity index (χ1) is 14.2. The van der Waals surface area contributed by atoms with Crippen LogP contribution in [0.1, 0.15) is 41.6 Å². The molecule has 1 saturated heterocycles. The summed E-state index contributed by atoms with van der Waals surface area (Å²) in [4.78, 5) is 14.2. The van der Waals surface area contributed by atoms with Gasteiger partial charge >= 0.3 is 0 Å². The van der Waals surface area contributed by atoms with Gasteiger partial charge in [0.15, 0.2) is 0 Å². The molecule has 0 unspecified atom stereocenters. The van der Waals surface area contributed by atoms with E-state index in [1.165, 1.54) is 12.1 Å². The number of nitriles is 1. The number of piperidine rings is 1. The topological polar surface area (TPSA) is 65.4 Å². The average molecular weight is 395 g/mol. The highest BCUT2D eigenvalue weighted by molar-refractivity contribution is 5.94. The van der Waals surface area contributed by atoms with Crippen LogP contribution in [0.3, 0.4) is 0 Å². The van der Waals surface area contributed by atoms with Crippen molar-refractivity contribution in [3.8, 4) is 11.8 Å². The van der Waals surface area contributed by atoms with Crippen molar-refractivity contribution in [1.29, 1.82) is 5.26 Å². The van der Waals surface area contributed by atoms with Gasteiger partial charge in [0.1, 0.15) is 11.6 Å². The summed E-state index contributed by atoms with van der Waals surface area (Å²) < 4.78 is 19.5. The average Bonchev–Trinajstić information content (AvgIpc) is 2.76. The van der Waals surface area contributed by atoms with E-state index in [2.05, 4.69) is 11.4 Å². The Morgan fingerprint density at radius 1 is 1.21 bits per heavy atom.